The number of ether oxygens (including phenoxy) is 3. The predicted octanol–water partition coefficient (Wildman–Crippen LogP) is 2.45. The van der Waals surface area contributed by atoms with Gasteiger partial charge in [-0.15, -0.1) is 0 Å². The number of carbonyl (C=O) groups is 1. The van der Waals surface area contributed by atoms with Crippen molar-refractivity contribution in [3.8, 4) is 6.07 Å². The molecule has 0 radical (unpaired) electrons. The zero-order chi connectivity index (χ0) is 25.2. The van der Waals surface area contributed by atoms with Crippen LogP contribution < -0.4 is 10.6 Å². The highest BCUT2D eigenvalue weighted by atomic mass is 16.6. The summed E-state index contributed by atoms with van der Waals surface area (Å²) in [5.41, 5.74) is 1.62. The predicted molar refractivity (Wildman–Crippen MR) is 136 cm³/mol. The van der Waals surface area contributed by atoms with E-state index in [1.165, 1.54) is 19.3 Å². The van der Waals surface area contributed by atoms with Gasteiger partial charge in [0.2, 0.25) is 5.95 Å². The smallest absolute Gasteiger partial charge is 0.257 e. The summed E-state index contributed by atoms with van der Waals surface area (Å²) in [4.78, 5) is 27.6. The number of nitrogens with one attached hydrogen (secondary N) is 3. The van der Waals surface area contributed by atoms with Crippen LogP contribution in [0.1, 0.15) is 37.7 Å². The highest BCUT2D eigenvalue weighted by molar-refractivity contribution is 5.97. The molecule has 0 aromatic carbocycles. The Balaban J connectivity index is 1.27. The topological polar surface area (TPSA) is 137 Å². The van der Waals surface area contributed by atoms with Crippen LogP contribution in [0.2, 0.25) is 0 Å². The lowest BCUT2D eigenvalue weighted by Gasteiger charge is -2.36. The number of aromatic nitrogens is 3. The molecule has 37 heavy (non-hydrogen) atoms. The number of carbonyl (C=O) groups excluding carboxylic acids is 1. The van der Waals surface area contributed by atoms with E-state index in [9.17, 15) is 10.1 Å². The number of fused-ring (bicyclic) bond motifs is 2. The summed E-state index contributed by atoms with van der Waals surface area (Å²) in [5, 5.41) is 17.3. The number of amides is 1. The average Bonchev–Trinajstić information content (AvgIpc) is 3.37. The Morgan fingerprint density at radius 3 is 2.76 bits per heavy atom. The first-order valence-corrected chi connectivity index (χ1v) is 13.1. The van der Waals surface area contributed by atoms with Gasteiger partial charge in [-0.1, -0.05) is 25.3 Å². The van der Waals surface area contributed by atoms with E-state index in [1.54, 1.807) is 17.2 Å². The molecule has 2 unspecified atom stereocenters. The molecule has 4 aliphatic rings. The summed E-state index contributed by atoms with van der Waals surface area (Å²) in [6, 6.07) is 2.22. The molecule has 3 fully saturated rings. The monoisotopic (exact) mass is 505 g/mol. The van der Waals surface area contributed by atoms with Crippen molar-refractivity contribution in [3.05, 3.63) is 35.2 Å². The zero-order valence-electron chi connectivity index (χ0n) is 20.7. The second kappa shape index (κ2) is 10.4. The Bertz CT molecular complexity index is 1270. The molecule has 11 nitrogen and oxygen atoms in total. The van der Waals surface area contributed by atoms with E-state index in [4.69, 9.17) is 19.2 Å². The van der Waals surface area contributed by atoms with Gasteiger partial charge in [-0.25, -0.2) is 0 Å². The first-order valence-electron chi connectivity index (χ1n) is 13.1. The minimum absolute atomic E-state index is 0.0736. The molecule has 11 heteroatoms. The van der Waals surface area contributed by atoms with Gasteiger partial charge in [0.05, 0.1) is 42.4 Å². The zero-order valence-corrected chi connectivity index (χ0v) is 20.7. The molecular weight excluding hydrogens is 474 g/mol. The number of aromatic amines is 1. The van der Waals surface area contributed by atoms with E-state index >= 15 is 0 Å². The van der Waals surface area contributed by atoms with Gasteiger partial charge < -0.3 is 34.7 Å². The lowest BCUT2D eigenvalue weighted by atomic mass is 9.95. The van der Waals surface area contributed by atoms with E-state index in [1.807, 2.05) is 6.08 Å². The Labute approximate surface area is 214 Å². The molecule has 2 saturated heterocycles. The number of hydrogen-bond donors (Lipinski definition) is 3. The fraction of sp³-hybridized carbons (Fsp3) is 0.538. The normalized spacial score (nSPS) is 24.4. The summed E-state index contributed by atoms with van der Waals surface area (Å²) in [6.07, 6.45) is 10.7. The third kappa shape index (κ3) is 4.74. The number of anilines is 2. The quantitative estimate of drug-likeness (QED) is 0.559. The molecule has 0 bridgehead atoms. The summed E-state index contributed by atoms with van der Waals surface area (Å²) in [6.45, 7) is 3.00. The fourth-order valence-corrected chi connectivity index (χ4v) is 5.48. The third-order valence-corrected chi connectivity index (χ3v) is 7.38. The second-order valence-electron chi connectivity index (χ2n) is 9.76. The van der Waals surface area contributed by atoms with Crippen molar-refractivity contribution in [3.63, 3.8) is 0 Å². The van der Waals surface area contributed by atoms with Crippen molar-refractivity contribution >= 4 is 28.7 Å². The second-order valence-corrected chi connectivity index (χ2v) is 9.76. The molecule has 2 aromatic heterocycles. The molecule has 2 atom stereocenters. The molecule has 1 amide bonds. The van der Waals surface area contributed by atoms with Crippen LogP contribution in [0.3, 0.4) is 0 Å². The number of morpholine rings is 1. The first-order chi connectivity index (χ1) is 18.2. The SMILES string of the molecule is N#Cc1c[nH]c2nc(NC3C=CC(C(=O)N4CCOCC4)=C4OCCOC43)nc(NC3CCCCC3)c12. The molecule has 2 aromatic rings. The van der Waals surface area contributed by atoms with Crippen molar-refractivity contribution in [1.82, 2.24) is 19.9 Å². The molecule has 2 aliphatic heterocycles. The summed E-state index contributed by atoms with van der Waals surface area (Å²) >= 11 is 0. The summed E-state index contributed by atoms with van der Waals surface area (Å²) in [5.74, 6) is 1.52. The van der Waals surface area contributed by atoms with Gasteiger partial charge in [-0.3, -0.25) is 4.79 Å². The van der Waals surface area contributed by atoms with E-state index in [-0.39, 0.29) is 11.9 Å². The van der Waals surface area contributed by atoms with Crippen LogP contribution in [0, 0.1) is 11.3 Å². The van der Waals surface area contributed by atoms with Crippen molar-refractivity contribution < 1.29 is 19.0 Å². The van der Waals surface area contributed by atoms with Crippen molar-refractivity contribution in [2.75, 3.05) is 50.2 Å². The van der Waals surface area contributed by atoms with Crippen molar-refractivity contribution in [2.24, 2.45) is 0 Å². The van der Waals surface area contributed by atoms with Gasteiger partial charge in [0.1, 0.15) is 36.0 Å². The Hall–Kier alpha value is -3.62. The largest absolute Gasteiger partial charge is 0.492 e. The summed E-state index contributed by atoms with van der Waals surface area (Å²) < 4.78 is 17.4. The molecule has 2 aliphatic carbocycles. The van der Waals surface area contributed by atoms with Crippen molar-refractivity contribution in [1.29, 1.82) is 5.26 Å². The van der Waals surface area contributed by atoms with E-state index in [2.05, 4.69) is 26.7 Å². The summed E-state index contributed by atoms with van der Waals surface area (Å²) in [7, 11) is 0. The number of nitriles is 1. The van der Waals surface area contributed by atoms with Crippen LogP contribution >= 0.6 is 0 Å². The van der Waals surface area contributed by atoms with Crippen molar-refractivity contribution in [2.45, 2.75) is 50.3 Å². The molecule has 1 saturated carbocycles. The van der Waals surface area contributed by atoms with Gasteiger partial charge in [-0.2, -0.15) is 15.2 Å². The van der Waals surface area contributed by atoms with Crippen LogP contribution in [0.5, 0.6) is 0 Å². The maximum atomic E-state index is 13.2. The van der Waals surface area contributed by atoms with E-state index in [0.717, 1.165) is 12.8 Å². The van der Waals surface area contributed by atoms with Crippen LogP contribution in [0.15, 0.2) is 29.7 Å². The minimum Gasteiger partial charge on any atom is -0.492 e. The average molecular weight is 506 g/mol. The standard InChI is InChI=1S/C26H31N7O4/c27-14-16-15-28-23-20(16)24(29-17-4-2-1-3-5-17)32-26(31-23)30-19-7-6-18(21-22(19)37-13-12-36-21)25(34)33-8-10-35-11-9-33/h6-7,15,17,19,22H,1-5,8-13H2,(H3,28,29,30,31,32). The highest BCUT2D eigenvalue weighted by Gasteiger charge is 2.37. The highest BCUT2D eigenvalue weighted by Crippen LogP contribution is 2.32. The third-order valence-electron chi connectivity index (χ3n) is 7.38. The van der Waals surface area contributed by atoms with Gasteiger partial charge in [0.15, 0.2) is 0 Å². The molecule has 4 heterocycles. The van der Waals surface area contributed by atoms with Crippen LogP contribution in [0.25, 0.3) is 11.0 Å². The van der Waals surface area contributed by atoms with Gasteiger partial charge in [-0.05, 0) is 18.9 Å². The molecule has 3 N–H and O–H groups in total. The van der Waals surface area contributed by atoms with Crippen LogP contribution in [-0.4, -0.2) is 83.5 Å². The molecule has 194 valence electrons. The van der Waals surface area contributed by atoms with Gasteiger partial charge >= 0.3 is 0 Å². The Kier molecular flexibility index (Phi) is 6.68. The fourth-order valence-electron chi connectivity index (χ4n) is 5.48. The van der Waals surface area contributed by atoms with E-state index in [0.29, 0.717) is 85.3 Å². The Morgan fingerprint density at radius 2 is 1.95 bits per heavy atom. The number of hydrogen-bond acceptors (Lipinski definition) is 9. The Morgan fingerprint density at radius 1 is 1.11 bits per heavy atom. The number of rotatable bonds is 5. The maximum absolute atomic E-state index is 13.2. The lowest BCUT2D eigenvalue weighted by Crippen LogP contribution is -2.46. The lowest BCUT2D eigenvalue weighted by molar-refractivity contribution is -0.131. The van der Waals surface area contributed by atoms with Gasteiger partial charge in [0.25, 0.3) is 5.91 Å². The maximum Gasteiger partial charge on any atom is 0.257 e. The van der Waals surface area contributed by atoms with Crippen LogP contribution in [0.4, 0.5) is 11.8 Å². The molecule has 6 rings (SSSR count). The number of H-pyrrole nitrogens is 1. The molecular formula is C26H31N7O4. The first kappa shape index (κ1) is 23.8. The molecule has 0 spiro atoms. The van der Waals surface area contributed by atoms with Crippen LogP contribution in [-0.2, 0) is 19.0 Å². The minimum atomic E-state index is -0.480. The van der Waals surface area contributed by atoms with E-state index < -0.39 is 6.10 Å². The number of nitrogens with zero attached hydrogens (tertiary/aromatic N) is 4. The van der Waals surface area contributed by atoms with Gasteiger partial charge in [0, 0.05) is 25.3 Å².